The van der Waals surface area contributed by atoms with Gasteiger partial charge in [0.2, 0.25) is 0 Å². The zero-order valence-electron chi connectivity index (χ0n) is 35.3. The van der Waals surface area contributed by atoms with Crippen LogP contribution in [0.4, 0.5) is 13.2 Å². The van der Waals surface area contributed by atoms with Crippen LogP contribution in [-0.4, -0.2) is 11.6 Å². The minimum absolute atomic E-state index is 0. The first-order valence-corrected chi connectivity index (χ1v) is 27.5. The first-order chi connectivity index (χ1) is 27.5. The largest absolute Gasteiger partial charge is 1.00 e. The minimum atomic E-state index is -3.93. The summed E-state index contributed by atoms with van der Waals surface area (Å²) in [5.41, 5.74) is 10.5. The zero-order valence-corrected chi connectivity index (χ0v) is 40.2. The summed E-state index contributed by atoms with van der Waals surface area (Å²) >= 11 is 1.29. The molecule has 2 fully saturated rings. The van der Waals surface area contributed by atoms with E-state index in [9.17, 15) is 13.2 Å². The van der Waals surface area contributed by atoms with E-state index in [1.54, 1.807) is 0 Å². The van der Waals surface area contributed by atoms with Gasteiger partial charge in [0.15, 0.2) is 0 Å². The maximum Gasteiger partial charge on any atom is -0.0279 e. The number of fused-ring (bicyclic) bond motifs is 2. The van der Waals surface area contributed by atoms with E-state index in [4.69, 9.17) is 0 Å². The fraction of sp³-hybridized carbons (Fsp3) is 0.423. The van der Waals surface area contributed by atoms with Crippen molar-refractivity contribution in [1.82, 2.24) is 0 Å². The summed E-state index contributed by atoms with van der Waals surface area (Å²) < 4.78 is 34.3. The Morgan fingerprint density at radius 2 is 0.949 bits per heavy atom. The molecule has 6 aromatic rings. The Morgan fingerprint density at radius 3 is 1.27 bits per heavy atom. The van der Waals surface area contributed by atoms with Gasteiger partial charge in [-0.05, 0) is 49.7 Å². The third-order valence-corrected chi connectivity index (χ3v) is 15.0. The minimum Gasteiger partial charge on any atom is -1.00 e. The van der Waals surface area contributed by atoms with Gasteiger partial charge in [-0.2, -0.15) is 12.1 Å². The molecule has 0 saturated heterocycles. The van der Waals surface area contributed by atoms with Gasteiger partial charge in [0, 0.05) is 0 Å². The second kappa shape index (κ2) is 24.3. The standard InChI is InChI=1S/2C24H27.C4H7F3Si.2ClH.Zr/c2*1-18-11-13-21(14-12-18)23-10-6-9-22-16-20(17-24(22)23)15-19-7-4-2-3-5-8-19;1-8-3-2-4(5,6)7;;;/h2*6,9-14,16-17,19H,2-5,7-8,15H2,1H3;2-3H2,1H3;2*1H;/q2*-1;;;;+2/p-2. The van der Waals surface area contributed by atoms with Gasteiger partial charge in [0.1, 0.15) is 0 Å². The molecule has 8 rings (SSSR count). The van der Waals surface area contributed by atoms with Crippen LogP contribution in [-0.2, 0) is 36.2 Å². The van der Waals surface area contributed by atoms with Crippen molar-refractivity contribution in [3.8, 4) is 22.3 Å². The van der Waals surface area contributed by atoms with Crippen molar-refractivity contribution in [2.75, 3.05) is 0 Å². The van der Waals surface area contributed by atoms with Gasteiger partial charge < -0.3 is 24.8 Å². The van der Waals surface area contributed by atoms with Crippen LogP contribution < -0.4 is 24.8 Å². The van der Waals surface area contributed by atoms with E-state index in [1.807, 2.05) is 6.55 Å². The molecule has 0 spiro atoms. The molecule has 0 nitrogen and oxygen atoms in total. The van der Waals surface area contributed by atoms with Crippen LogP contribution in [0.3, 0.4) is 0 Å². The first-order valence-electron chi connectivity index (χ1n) is 21.6. The molecule has 314 valence electrons. The average molecular weight is 933 g/mol. The van der Waals surface area contributed by atoms with Crippen LogP contribution in [0.25, 0.3) is 43.8 Å². The molecule has 0 radical (unpaired) electrons. The number of benzene rings is 4. The molecule has 0 amide bonds. The SMILES string of the molecule is C[Si](=[Zr+2])CCC(F)(F)F.Cc1ccc(-c2cccc3[cH-]c(CC4CCCCCC4)cc23)cc1.Cc1ccc(-c2cccc3[cH-]c(CC4CCCCCC4)cc23)cc1.[Cl-].[Cl-]. The molecular formula is C52H61Cl2F3SiZr-2. The van der Waals surface area contributed by atoms with Crippen molar-refractivity contribution in [3.63, 3.8) is 0 Å². The number of hydrogen-bond acceptors (Lipinski definition) is 0. The summed E-state index contributed by atoms with van der Waals surface area (Å²) in [6.45, 7) is 6.23. The molecule has 6 aromatic carbocycles. The summed E-state index contributed by atoms with van der Waals surface area (Å²) in [6, 6.07) is 41.5. The van der Waals surface area contributed by atoms with E-state index in [1.165, 1.54) is 179 Å². The zero-order chi connectivity index (χ0) is 40.2. The van der Waals surface area contributed by atoms with E-state index in [0.29, 0.717) is 6.04 Å². The Labute approximate surface area is 380 Å². The third kappa shape index (κ3) is 15.5. The van der Waals surface area contributed by atoms with Crippen molar-refractivity contribution < 1.29 is 61.3 Å². The van der Waals surface area contributed by atoms with Gasteiger partial charge in [-0.25, -0.2) is 0 Å². The summed E-state index contributed by atoms with van der Waals surface area (Å²) in [5, 5.41) is 5.64. The van der Waals surface area contributed by atoms with Crippen molar-refractivity contribution in [3.05, 3.63) is 131 Å². The molecule has 0 heterocycles. The molecule has 0 N–H and O–H groups in total. The molecule has 2 aliphatic carbocycles. The van der Waals surface area contributed by atoms with Gasteiger partial charge in [-0.3, -0.25) is 0 Å². The maximum absolute atomic E-state index is 11.4. The van der Waals surface area contributed by atoms with Crippen LogP contribution in [0, 0.1) is 25.7 Å². The predicted octanol–water partition coefficient (Wildman–Crippen LogP) is 10.2. The van der Waals surface area contributed by atoms with Gasteiger partial charge >= 0.3 is 67.1 Å². The predicted molar refractivity (Wildman–Crippen MR) is 236 cm³/mol. The summed E-state index contributed by atoms with van der Waals surface area (Å²) in [4.78, 5) is 0. The molecule has 7 heteroatoms. The Morgan fingerprint density at radius 1 is 0.576 bits per heavy atom. The van der Waals surface area contributed by atoms with Gasteiger partial charge in [-0.1, -0.05) is 160 Å². The molecule has 0 atom stereocenters. The summed E-state index contributed by atoms with van der Waals surface area (Å²) in [5.74, 6) is 1.79. The molecule has 59 heavy (non-hydrogen) atoms. The average Bonchev–Trinajstić information content (AvgIpc) is 3.57. The first kappa shape index (κ1) is 49.2. The van der Waals surface area contributed by atoms with Crippen molar-refractivity contribution in [2.24, 2.45) is 11.8 Å². The molecule has 2 saturated carbocycles. The van der Waals surface area contributed by atoms with Crippen LogP contribution in [0.5, 0.6) is 0 Å². The van der Waals surface area contributed by atoms with Gasteiger partial charge in [-0.15, -0.1) is 69.1 Å². The van der Waals surface area contributed by atoms with Crippen molar-refractivity contribution in [1.29, 1.82) is 0 Å². The second-order valence-corrected chi connectivity index (χ2v) is 25.4. The fourth-order valence-electron chi connectivity index (χ4n) is 8.93. The molecule has 0 bridgehead atoms. The number of alkyl halides is 3. The number of halogens is 5. The summed E-state index contributed by atoms with van der Waals surface area (Å²) in [6.07, 6.45) is 15.2. The molecular weight excluding hydrogens is 872 g/mol. The smallest absolute Gasteiger partial charge is 0.0279 e. The van der Waals surface area contributed by atoms with Crippen LogP contribution in [0.1, 0.15) is 106 Å². The molecule has 2 aliphatic rings. The van der Waals surface area contributed by atoms with Crippen LogP contribution >= 0.6 is 0 Å². The fourth-order valence-corrected chi connectivity index (χ4v) is 10.5. The normalized spacial score (nSPS) is 15.1. The Bertz CT molecular complexity index is 2010. The molecule has 0 unspecified atom stereocenters. The molecule has 0 aromatic heterocycles. The van der Waals surface area contributed by atoms with Crippen molar-refractivity contribution in [2.45, 2.75) is 129 Å². The second-order valence-electron chi connectivity index (χ2n) is 17.1. The number of aryl methyl sites for hydroxylation is 2. The topological polar surface area (TPSA) is 0 Å². The Hall–Kier alpha value is -2.43. The maximum atomic E-state index is 11.4. The summed E-state index contributed by atoms with van der Waals surface area (Å²) in [7, 11) is 0. The van der Waals surface area contributed by atoms with E-state index >= 15 is 0 Å². The Kier molecular flexibility index (Phi) is 20.3. The quantitative estimate of drug-likeness (QED) is 0.0811. The van der Waals surface area contributed by atoms with E-state index < -0.39 is 18.0 Å². The van der Waals surface area contributed by atoms with Crippen LogP contribution in [0.15, 0.2) is 109 Å². The van der Waals surface area contributed by atoms with E-state index in [0.717, 1.165) is 11.8 Å². The van der Waals surface area contributed by atoms with Crippen molar-refractivity contribution >= 4 is 27.0 Å². The third-order valence-electron chi connectivity index (χ3n) is 12.1. The number of hydrogen-bond donors (Lipinski definition) is 0. The van der Waals surface area contributed by atoms with E-state index in [2.05, 4.69) is 123 Å². The van der Waals surface area contributed by atoms with Gasteiger partial charge in [0.05, 0.1) is 0 Å². The monoisotopic (exact) mass is 930 g/mol. The van der Waals surface area contributed by atoms with E-state index in [-0.39, 0.29) is 24.8 Å². The Balaban J connectivity index is 0.000000211. The van der Waals surface area contributed by atoms with Gasteiger partial charge in [0.25, 0.3) is 0 Å². The van der Waals surface area contributed by atoms with Crippen LogP contribution in [0.2, 0.25) is 12.6 Å². The molecule has 0 aliphatic heterocycles. The number of rotatable bonds is 8.